The Morgan fingerprint density at radius 2 is 1.82 bits per heavy atom. The van der Waals surface area contributed by atoms with Gasteiger partial charge < -0.3 is 9.84 Å². The van der Waals surface area contributed by atoms with Crippen molar-refractivity contribution >= 4 is 16.7 Å². The Bertz CT molecular complexity index is 1160. The smallest absolute Gasteiger partial charge is 0.191 e. The highest BCUT2D eigenvalue weighted by molar-refractivity contribution is 5.98. The number of hydrogen-bond donors (Lipinski definition) is 1. The lowest BCUT2D eigenvalue weighted by atomic mass is 10.0. The number of carbonyl (C=O) groups excluding carboxylic acids is 1. The number of pyridine rings is 2. The lowest BCUT2D eigenvalue weighted by Crippen LogP contribution is -2.08. The molecule has 28 heavy (non-hydrogen) atoms. The molecular formula is C23H18N2O3. The molecule has 0 aliphatic rings. The lowest BCUT2D eigenvalue weighted by Gasteiger charge is -2.08. The Morgan fingerprint density at radius 1 is 1.00 bits per heavy atom. The molecule has 0 spiro atoms. The van der Waals surface area contributed by atoms with E-state index >= 15 is 0 Å². The minimum Gasteiger partial charge on any atom is -0.503 e. The summed E-state index contributed by atoms with van der Waals surface area (Å²) in [7, 11) is 1.43. The molecule has 2 aromatic heterocycles. The van der Waals surface area contributed by atoms with Gasteiger partial charge in [-0.05, 0) is 29.3 Å². The van der Waals surface area contributed by atoms with Crippen molar-refractivity contribution in [3.8, 4) is 22.6 Å². The minimum atomic E-state index is -0.316. The molecule has 5 nitrogen and oxygen atoms in total. The zero-order chi connectivity index (χ0) is 19.5. The number of fused-ring (bicyclic) bond motifs is 1. The Kier molecular flexibility index (Phi) is 4.72. The van der Waals surface area contributed by atoms with Crippen LogP contribution >= 0.6 is 0 Å². The predicted molar refractivity (Wildman–Crippen MR) is 108 cm³/mol. The number of carbonyl (C=O) groups is 1. The molecule has 0 aliphatic carbocycles. The zero-order valence-corrected chi connectivity index (χ0v) is 15.3. The van der Waals surface area contributed by atoms with Crippen LogP contribution in [0.15, 0.2) is 72.9 Å². The topological polar surface area (TPSA) is 72.3 Å². The molecule has 1 N–H and O–H groups in total. The van der Waals surface area contributed by atoms with Gasteiger partial charge in [0.1, 0.15) is 0 Å². The summed E-state index contributed by atoms with van der Waals surface area (Å²) in [6.45, 7) is 0. The summed E-state index contributed by atoms with van der Waals surface area (Å²) in [5, 5.41) is 11.1. The summed E-state index contributed by atoms with van der Waals surface area (Å²) in [6.07, 6.45) is 1.48. The fourth-order valence-electron chi connectivity index (χ4n) is 3.13. The number of Topliss-reactive ketones (excluding diaryl/α,β-unsaturated/α-hetero) is 1. The van der Waals surface area contributed by atoms with Crippen molar-refractivity contribution in [3.63, 3.8) is 0 Å². The fourth-order valence-corrected chi connectivity index (χ4v) is 3.13. The van der Waals surface area contributed by atoms with E-state index in [0.29, 0.717) is 5.69 Å². The van der Waals surface area contributed by atoms with E-state index in [-0.39, 0.29) is 29.4 Å². The SMILES string of the molecule is COc1ccnc(C(=O)Cc2ccc3cc(-c4ccccc4)ccc3n2)c1O. The molecule has 4 aromatic rings. The second kappa shape index (κ2) is 7.48. The maximum atomic E-state index is 12.6. The number of aromatic hydroxyl groups is 1. The largest absolute Gasteiger partial charge is 0.503 e. The second-order valence-corrected chi connectivity index (χ2v) is 6.39. The molecule has 0 radical (unpaired) electrons. The summed E-state index contributed by atoms with van der Waals surface area (Å²) in [5.41, 5.74) is 3.68. The molecule has 0 fully saturated rings. The van der Waals surface area contributed by atoms with E-state index in [4.69, 9.17) is 4.74 Å². The quantitative estimate of drug-likeness (QED) is 0.526. The number of benzene rings is 2. The Labute approximate surface area is 162 Å². The Balaban J connectivity index is 1.61. The van der Waals surface area contributed by atoms with Gasteiger partial charge in [-0.25, -0.2) is 4.98 Å². The summed E-state index contributed by atoms with van der Waals surface area (Å²) in [6, 6.07) is 21.5. The summed E-state index contributed by atoms with van der Waals surface area (Å²) in [5.74, 6) is -0.342. The molecule has 0 saturated heterocycles. The van der Waals surface area contributed by atoms with Crippen LogP contribution in [0, 0.1) is 0 Å². The van der Waals surface area contributed by atoms with Crippen LogP contribution in [-0.2, 0) is 6.42 Å². The number of methoxy groups -OCH3 is 1. The zero-order valence-electron chi connectivity index (χ0n) is 15.3. The van der Waals surface area contributed by atoms with E-state index in [1.54, 1.807) is 0 Å². The average molecular weight is 370 g/mol. The highest BCUT2D eigenvalue weighted by atomic mass is 16.5. The minimum absolute atomic E-state index is 0.0133. The van der Waals surface area contributed by atoms with Crippen LogP contribution in [0.5, 0.6) is 11.5 Å². The van der Waals surface area contributed by atoms with Crippen molar-refractivity contribution in [2.75, 3.05) is 7.11 Å². The molecule has 0 bridgehead atoms. The normalized spacial score (nSPS) is 10.8. The van der Waals surface area contributed by atoms with Gasteiger partial charge in [-0.1, -0.05) is 42.5 Å². The van der Waals surface area contributed by atoms with E-state index < -0.39 is 0 Å². The summed E-state index contributed by atoms with van der Waals surface area (Å²) in [4.78, 5) is 21.1. The monoisotopic (exact) mass is 370 g/mol. The van der Waals surface area contributed by atoms with Crippen LogP contribution in [0.2, 0.25) is 0 Å². The summed E-state index contributed by atoms with van der Waals surface area (Å²) < 4.78 is 5.03. The number of ether oxygens (including phenoxy) is 1. The maximum Gasteiger partial charge on any atom is 0.191 e. The standard InChI is InChI=1S/C23H18N2O3/c1-28-21-11-12-24-22(23(21)27)20(26)14-18-9-7-17-13-16(8-10-19(17)25-18)15-5-3-2-4-6-15/h2-13,27H,14H2,1H3. The first-order valence-corrected chi connectivity index (χ1v) is 8.86. The molecule has 0 amide bonds. The maximum absolute atomic E-state index is 12.6. The third-order valence-electron chi connectivity index (χ3n) is 4.57. The first kappa shape index (κ1) is 17.7. The molecule has 0 unspecified atom stereocenters. The van der Waals surface area contributed by atoms with Crippen molar-refractivity contribution in [2.45, 2.75) is 6.42 Å². The Morgan fingerprint density at radius 3 is 2.61 bits per heavy atom. The van der Waals surface area contributed by atoms with Crippen molar-refractivity contribution in [3.05, 3.63) is 84.3 Å². The van der Waals surface area contributed by atoms with Gasteiger partial charge in [-0.2, -0.15) is 0 Å². The third kappa shape index (κ3) is 3.42. The van der Waals surface area contributed by atoms with Gasteiger partial charge in [0.15, 0.2) is 23.0 Å². The van der Waals surface area contributed by atoms with Gasteiger partial charge in [0, 0.05) is 23.3 Å². The van der Waals surface area contributed by atoms with Gasteiger partial charge in [0.05, 0.1) is 19.0 Å². The number of rotatable bonds is 5. The van der Waals surface area contributed by atoms with E-state index in [0.717, 1.165) is 22.0 Å². The fraction of sp³-hybridized carbons (Fsp3) is 0.0870. The van der Waals surface area contributed by atoms with Gasteiger partial charge in [0.2, 0.25) is 0 Å². The number of hydrogen-bond acceptors (Lipinski definition) is 5. The van der Waals surface area contributed by atoms with Gasteiger partial charge >= 0.3 is 0 Å². The summed E-state index contributed by atoms with van der Waals surface area (Å²) >= 11 is 0. The van der Waals surface area contributed by atoms with Gasteiger partial charge in [-0.15, -0.1) is 0 Å². The van der Waals surface area contributed by atoms with Crippen molar-refractivity contribution in [1.29, 1.82) is 0 Å². The Hall–Kier alpha value is -3.73. The second-order valence-electron chi connectivity index (χ2n) is 6.39. The van der Waals surface area contributed by atoms with E-state index in [2.05, 4.69) is 28.2 Å². The van der Waals surface area contributed by atoms with Crippen molar-refractivity contribution < 1.29 is 14.6 Å². The molecule has 4 rings (SSSR count). The predicted octanol–water partition coefficient (Wildman–Crippen LogP) is 4.44. The molecule has 0 saturated carbocycles. The van der Waals surface area contributed by atoms with E-state index in [1.807, 2.05) is 42.5 Å². The molecule has 138 valence electrons. The van der Waals surface area contributed by atoms with Crippen molar-refractivity contribution in [2.24, 2.45) is 0 Å². The number of nitrogens with zero attached hydrogens (tertiary/aromatic N) is 2. The van der Waals surface area contributed by atoms with Crippen LogP contribution in [0.3, 0.4) is 0 Å². The highest BCUT2D eigenvalue weighted by Gasteiger charge is 2.17. The lowest BCUT2D eigenvalue weighted by molar-refractivity contribution is 0.0983. The van der Waals surface area contributed by atoms with Crippen LogP contribution < -0.4 is 4.74 Å². The average Bonchev–Trinajstić information content (AvgIpc) is 2.74. The van der Waals surface area contributed by atoms with E-state index in [1.165, 1.54) is 19.4 Å². The molecule has 2 aromatic carbocycles. The molecule has 0 atom stereocenters. The van der Waals surface area contributed by atoms with Crippen LogP contribution in [0.4, 0.5) is 0 Å². The molecular weight excluding hydrogens is 352 g/mol. The highest BCUT2D eigenvalue weighted by Crippen LogP contribution is 2.29. The first-order valence-electron chi connectivity index (χ1n) is 8.86. The van der Waals surface area contributed by atoms with Gasteiger partial charge in [-0.3, -0.25) is 9.78 Å². The molecule has 0 aliphatic heterocycles. The van der Waals surface area contributed by atoms with Crippen molar-refractivity contribution in [1.82, 2.24) is 9.97 Å². The first-order chi connectivity index (χ1) is 13.7. The number of ketones is 1. The van der Waals surface area contributed by atoms with Crippen LogP contribution in [0.25, 0.3) is 22.0 Å². The number of aromatic nitrogens is 2. The van der Waals surface area contributed by atoms with Crippen LogP contribution in [-0.4, -0.2) is 28.0 Å². The van der Waals surface area contributed by atoms with E-state index in [9.17, 15) is 9.90 Å². The third-order valence-corrected chi connectivity index (χ3v) is 4.57. The van der Waals surface area contributed by atoms with Gasteiger partial charge in [0.25, 0.3) is 0 Å². The van der Waals surface area contributed by atoms with Crippen LogP contribution in [0.1, 0.15) is 16.2 Å². The molecule has 5 heteroatoms. The molecule has 2 heterocycles.